The molecule has 7 heteroatoms. The maximum atomic E-state index is 12.0. The molecule has 0 radical (unpaired) electrons. The van der Waals surface area contributed by atoms with E-state index in [0.29, 0.717) is 11.6 Å². The van der Waals surface area contributed by atoms with Crippen molar-refractivity contribution in [1.82, 2.24) is 15.3 Å². The molecule has 0 aliphatic rings. The lowest BCUT2D eigenvalue weighted by atomic mass is 10.0. The van der Waals surface area contributed by atoms with Gasteiger partial charge in [-0.05, 0) is 24.5 Å². The van der Waals surface area contributed by atoms with Crippen LogP contribution in [0.4, 0.5) is 9.93 Å². The normalized spacial score (nSPS) is 12.2. The first-order valence-electron chi connectivity index (χ1n) is 7.14. The number of thiazole rings is 1. The number of carbonyl (C=O) groups is 1. The third-order valence-corrected chi connectivity index (χ3v) is 4.00. The van der Waals surface area contributed by atoms with Gasteiger partial charge in [-0.3, -0.25) is 10.3 Å². The van der Waals surface area contributed by atoms with E-state index in [0.717, 1.165) is 11.3 Å². The van der Waals surface area contributed by atoms with Crippen LogP contribution in [0.5, 0.6) is 0 Å². The van der Waals surface area contributed by atoms with E-state index < -0.39 is 0 Å². The number of nitrogens with zero attached hydrogens (tertiary/aromatic N) is 2. The monoisotopic (exact) mass is 320 g/mol. The van der Waals surface area contributed by atoms with Gasteiger partial charge in [-0.25, -0.2) is 9.78 Å². The van der Waals surface area contributed by atoms with Crippen LogP contribution >= 0.6 is 11.3 Å². The van der Waals surface area contributed by atoms with Crippen LogP contribution < -0.4 is 10.6 Å². The lowest BCUT2D eigenvalue weighted by molar-refractivity contribution is 0.227. The van der Waals surface area contributed by atoms with Gasteiger partial charge in [-0.15, -0.1) is 11.3 Å². The minimum Gasteiger partial charge on any atom is -0.396 e. The highest BCUT2D eigenvalue weighted by Gasteiger charge is 2.16. The van der Waals surface area contributed by atoms with E-state index in [1.807, 2.05) is 31.4 Å². The smallest absolute Gasteiger partial charge is 0.321 e. The zero-order chi connectivity index (χ0) is 15.9. The molecule has 0 aromatic carbocycles. The van der Waals surface area contributed by atoms with Crippen molar-refractivity contribution in [3.63, 3.8) is 0 Å². The molecule has 0 aliphatic heterocycles. The van der Waals surface area contributed by atoms with E-state index in [1.54, 1.807) is 12.4 Å². The summed E-state index contributed by atoms with van der Waals surface area (Å²) in [4.78, 5) is 20.4. The van der Waals surface area contributed by atoms with Gasteiger partial charge in [-0.2, -0.15) is 0 Å². The minimum atomic E-state index is -0.306. The first kappa shape index (κ1) is 16.4. The van der Waals surface area contributed by atoms with Crippen molar-refractivity contribution in [2.24, 2.45) is 5.92 Å². The van der Waals surface area contributed by atoms with Crippen LogP contribution in [0.1, 0.15) is 20.3 Å². The quantitative estimate of drug-likeness (QED) is 0.764. The molecule has 1 unspecified atom stereocenters. The summed E-state index contributed by atoms with van der Waals surface area (Å²) in [5, 5.41) is 17.0. The number of pyridine rings is 1. The third kappa shape index (κ3) is 4.51. The average Bonchev–Trinajstić information content (AvgIpc) is 2.96. The molecule has 0 saturated heterocycles. The number of hydrogen-bond acceptors (Lipinski definition) is 5. The highest BCUT2D eigenvalue weighted by molar-refractivity contribution is 7.14. The Morgan fingerprint density at radius 3 is 2.91 bits per heavy atom. The topological polar surface area (TPSA) is 87.1 Å². The molecule has 3 N–H and O–H groups in total. The molecular weight excluding hydrogens is 300 g/mol. The predicted octanol–water partition coefficient (Wildman–Crippen LogP) is 2.73. The molecule has 0 aliphatic carbocycles. The van der Waals surface area contributed by atoms with Crippen molar-refractivity contribution in [2.75, 3.05) is 11.9 Å². The molecule has 2 aromatic heterocycles. The van der Waals surface area contributed by atoms with Gasteiger partial charge in [0.1, 0.15) is 0 Å². The molecule has 2 heterocycles. The number of anilines is 1. The summed E-state index contributed by atoms with van der Waals surface area (Å²) >= 11 is 1.36. The standard InChI is InChI=1S/C15H20N4O2S/c1-10(2)12(5-7-20)17-14(21)19-15-18-13(9-22-15)11-4-3-6-16-8-11/h3-4,6,8-10,12,20H,5,7H2,1-2H3,(H2,17,18,19,21). The van der Waals surface area contributed by atoms with Crippen LogP contribution in [0.25, 0.3) is 11.3 Å². The SMILES string of the molecule is CC(C)C(CCO)NC(=O)Nc1nc(-c2cccnc2)cs1. The van der Waals surface area contributed by atoms with Crippen LogP contribution in [-0.2, 0) is 0 Å². The number of amides is 2. The van der Waals surface area contributed by atoms with Gasteiger partial charge in [0.2, 0.25) is 0 Å². The second kappa shape index (κ2) is 7.86. The zero-order valence-electron chi connectivity index (χ0n) is 12.6. The number of hydrogen-bond donors (Lipinski definition) is 3. The van der Waals surface area contributed by atoms with Gasteiger partial charge in [0.15, 0.2) is 5.13 Å². The number of aliphatic hydroxyl groups excluding tert-OH is 1. The number of aliphatic hydroxyl groups is 1. The summed E-state index contributed by atoms with van der Waals surface area (Å²) in [5.41, 5.74) is 1.69. The molecule has 118 valence electrons. The molecule has 2 rings (SSSR count). The van der Waals surface area contributed by atoms with Crippen molar-refractivity contribution in [3.8, 4) is 11.3 Å². The Morgan fingerprint density at radius 2 is 2.27 bits per heavy atom. The summed E-state index contributed by atoms with van der Waals surface area (Å²) in [7, 11) is 0. The van der Waals surface area contributed by atoms with Crippen molar-refractivity contribution in [3.05, 3.63) is 29.9 Å². The lowest BCUT2D eigenvalue weighted by Gasteiger charge is -2.21. The molecule has 6 nitrogen and oxygen atoms in total. The molecule has 2 amide bonds. The van der Waals surface area contributed by atoms with Crippen molar-refractivity contribution >= 4 is 22.5 Å². The maximum Gasteiger partial charge on any atom is 0.321 e. The number of carbonyl (C=O) groups excluding carboxylic acids is 1. The Hall–Kier alpha value is -1.99. The van der Waals surface area contributed by atoms with Crippen LogP contribution in [0.2, 0.25) is 0 Å². The van der Waals surface area contributed by atoms with Crippen LogP contribution in [0, 0.1) is 5.92 Å². The number of aromatic nitrogens is 2. The van der Waals surface area contributed by atoms with Gasteiger partial charge in [0.05, 0.1) is 5.69 Å². The second-order valence-corrected chi connectivity index (χ2v) is 6.10. The fraction of sp³-hybridized carbons (Fsp3) is 0.400. The van der Waals surface area contributed by atoms with Crippen LogP contribution in [0.3, 0.4) is 0 Å². The summed E-state index contributed by atoms with van der Waals surface area (Å²) in [6.45, 7) is 4.06. The van der Waals surface area contributed by atoms with Crippen molar-refractivity contribution in [1.29, 1.82) is 0 Å². The molecule has 0 fully saturated rings. The Balaban J connectivity index is 1.96. The van der Waals surface area contributed by atoms with Gasteiger partial charge in [0.25, 0.3) is 0 Å². The molecule has 0 spiro atoms. The molecule has 1 atom stereocenters. The van der Waals surface area contributed by atoms with E-state index in [9.17, 15) is 4.79 Å². The fourth-order valence-corrected chi connectivity index (χ4v) is 2.71. The first-order chi connectivity index (χ1) is 10.6. The second-order valence-electron chi connectivity index (χ2n) is 5.24. The van der Waals surface area contributed by atoms with Gasteiger partial charge < -0.3 is 10.4 Å². The zero-order valence-corrected chi connectivity index (χ0v) is 13.4. The molecule has 2 aromatic rings. The molecule has 0 bridgehead atoms. The molecule has 22 heavy (non-hydrogen) atoms. The summed E-state index contributed by atoms with van der Waals surface area (Å²) in [6, 6.07) is 3.39. The highest BCUT2D eigenvalue weighted by atomic mass is 32.1. The first-order valence-corrected chi connectivity index (χ1v) is 8.02. The van der Waals surface area contributed by atoms with E-state index >= 15 is 0 Å². The number of urea groups is 1. The Labute approximate surface area is 133 Å². The molecular formula is C15H20N4O2S. The fourth-order valence-electron chi connectivity index (χ4n) is 1.99. The van der Waals surface area contributed by atoms with E-state index in [2.05, 4.69) is 20.6 Å². The van der Waals surface area contributed by atoms with Gasteiger partial charge >= 0.3 is 6.03 Å². The van der Waals surface area contributed by atoms with E-state index in [4.69, 9.17) is 5.11 Å². The van der Waals surface area contributed by atoms with E-state index in [-0.39, 0.29) is 24.6 Å². The summed E-state index contributed by atoms with van der Waals surface area (Å²) in [5.74, 6) is 0.250. The van der Waals surface area contributed by atoms with E-state index in [1.165, 1.54) is 11.3 Å². The van der Waals surface area contributed by atoms with Crippen LogP contribution in [-0.4, -0.2) is 33.8 Å². The maximum absolute atomic E-state index is 12.0. The highest BCUT2D eigenvalue weighted by Crippen LogP contribution is 2.24. The largest absolute Gasteiger partial charge is 0.396 e. The minimum absolute atomic E-state index is 0.0472. The summed E-state index contributed by atoms with van der Waals surface area (Å²) < 4.78 is 0. The Kier molecular flexibility index (Phi) is 5.85. The lowest BCUT2D eigenvalue weighted by Crippen LogP contribution is -2.41. The van der Waals surface area contributed by atoms with Crippen molar-refractivity contribution < 1.29 is 9.90 Å². The Morgan fingerprint density at radius 1 is 1.45 bits per heavy atom. The average molecular weight is 320 g/mol. The Bertz CT molecular complexity index is 601. The van der Waals surface area contributed by atoms with Crippen molar-refractivity contribution in [2.45, 2.75) is 26.3 Å². The predicted molar refractivity (Wildman–Crippen MR) is 87.8 cm³/mol. The summed E-state index contributed by atoms with van der Waals surface area (Å²) in [6.07, 6.45) is 3.97. The molecule has 0 saturated carbocycles. The number of nitrogens with one attached hydrogen (secondary N) is 2. The van der Waals surface area contributed by atoms with Crippen LogP contribution in [0.15, 0.2) is 29.9 Å². The van der Waals surface area contributed by atoms with Gasteiger partial charge in [0, 0.05) is 36.0 Å². The number of rotatable bonds is 6. The third-order valence-electron chi connectivity index (χ3n) is 3.24. The van der Waals surface area contributed by atoms with Gasteiger partial charge in [-0.1, -0.05) is 13.8 Å².